The van der Waals surface area contributed by atoms with Crippen molar-refractivity contribution in [2.45, 2.75) is 25.9 Å². The monoisotopic (exact) mass is 409 g/mol. The number of amides is 2. The van der Waals surface area contributed by atoms with Crippen molar-refractivity contribution in [3.05, 3.63) is 81.1 Å². The topological polar surface area (TPSA) is 134 Å². The Hall–Kier alpha value is -3.95. The summed E-state index contributed by atoms with van der Waals surface area (Å²) in [5.41, 5.74) is 1.99. The van der Waals surface area contributed by atoms with Crippen LogP contribution in [0.3, 0.4) is 0 Å². The first kappa shape index (κ1) is 19.4. The van der Waals surface area contributed by atoms with Gasteiger partial charge in [-0.1, -0.05) is 18.2 Å². The van der Waals surface area contributed by atoms with Crippen LogP contribution in [-0.4, -0.2) is 38.4 Å². The van der Waals surface area contributed by atoms with Crippen molar-refractivity contribution < 1.29 is 18.9 Å². The summed E-state index contributed by atoms with van der Waals surface area (Å²) >= 11 is 0. The Bertz CT molecular complexity index is 1090. The Labute approximate surface area is 171 Å². The second-order valence-electron chi connectivity index (χ2n) is 6.92. The number of nitro groups is 1. The summed E-state index contributed by atoms with van der Waals surface area (Å²) in [5.74, 6) is 0.0176. The smallest absolute Gasteiger partial charge is 0.273 e. The fraction of sp³-hybridized carbons (Fsp3) is 0.250. The first-order valence-electron chi connectivity index (χ1n) is 9.39. The molecule has 10 heteroatoms. The molecule has 1 aliphatic heterocycles. The Kier molecular flexibility index (Phi) is 5.29. The lowest BCUT2D eigenvalue weighted by Gasteiger charge is -2.27. The molecule has 154 valence electrons. The maximum atomic E-state index is 12.8. The van der Waals surface area contributed by atoms with Crippen molar-refractivity contribution >= 4 is 17.5 Å². The van der Waals surface area contributed by atoms with Crippen LogP contribution in [0.2, 0.25) is 0 Å². The maximum absolute atomic E-state index is 12.8. The van der Waals surface area contributed by atoms with Gasteiger partial charge in [0.25, 0.3) is 11.6 Å². The molecular formula is C20H19N5O5. The van der Waals surface area contributed by atoms with Crippen molar-refractivity contribution in [2.75, 3.05) is 6.54 Å². The predicted molar refractivity (Wildman–Crippen MR) is 104 cm³/mol. The second-order valence-corrected chi connectivity index (χ2v) is 6.92. The van der Waals surface area contributed by atoms with Gasteiger partial charge in [-0.3, -0.25) is 24.8 Å². The van der Waals surface area contributed by atoms with E-state index in [1.807, 2.05) is 0 Å². The Morgan fingerprint density at radius 1 is 1.27 bits per heavy atom. The normalized spacial score (nSPS) is 13.0. The van der Waals surface area contributed by atoms with E-state index in [0.29, 0.717) is 29.9 Å². The number of hydrogen-bond donors (Lipinski definition) is 2. The molecule has 1 aromatic carbocycles. The minimum absolute atomic E-state index is 0.0788. The molecule has 10 nitrogen and oxygen atoms in total. The third-order valence-electron chi connectivity index (χ3n) is 5.03. The van der Waals surface area contributed by atoms with Gasteiger partial charge in [-0.15, -0.1) is 0 Å². The van der Waals surface area contributed by atoms with Gasteiger partial charge < -0.3 is 14.6 Å². The molecule has 0 atom stereocenters. The van der Waals surface area contributed by atoms with E-state index in [0.717, 1.165) is 5.69 Å². The van der Waals surface area contributed by atoms with E-state index in [9.17, 15) is 19.7 Å². The summed E-state index contributed by atoms with van der Waals surface area (Å²) in [5, 5.41) is 20.9. The van der Waals surface area contributed by atoms with Gasteiger partial charge in [-0.2, -0.15) is 5.10 Å². The van der Waals surface area contributed by atoms with Gasteiger partial charge in [-0.05, 0) is 12.1 Å². The van der Waals surface area contributed by atoms with Crippen LogP contribution in [-0.2, 0) is 30.7 Å². The van der Waals surface area contributed by atoms with E-state index >= 15 is 0 Å². The van der Waals surface area contributed by atoms with Crippen molar-refractivity contribution in [1.29, 1.82) is 0 Å². The molecule has 0 fully saturated rings. The van der Waals surface area contributed by atoms with Crippen LogP contribution in [0.1, 0.15) is 33.1 Å². The molecule has 3 aromatic rings. The van der Waals surface area contributed by atoms with E-state index in [-0.39, 0.29) is 42.7 Å². The largest absolute Gasteiger partial charge is 0.467 e. The SMILES string of the molecule is O=C(NCc1ccco1)c1n[nH]c2c1CN(C(=O)Cc1ccccc1[N+](=O)[O-])CC2. The number of fused-ring (bicyclic) bond motifs is 1. The van der Waals surface area contributed by atoms with Crippen LogP contribution >= 0.6 is 0 Å². The molecule has 0 spiro atoms. The lowest BCUT2D eigenvalue weighted by molar-refractivity contribution is -0.385. The lowest BCUT2D eigenvalue weighted by Crippen LogP contribution is -2.37. The van der Waals surface area contributed by atoms with Gasteiger partial charge >= 0.3 is 0 Å². The predicted octanol–water partition coefficient (Wildman–Crippen LogP) is 1.97. The number of hydrogen-bond acceptors (Lipinski definition) is 6. The molecule has 4 rings (SSSR count). The zero-order valence-electron chi connectivity index (χ0n) is 16.0. The number of aromatic amines is 1. The summed E-state index contributed by atoms with van der Waals surface area (Å²) in [4.78, 5) is 37.6. The molecule has 0 aliphatic carbocycles. The fourth-order valence-corrected chi connectivity index (χ4v) is 3.47. The Morgan fingerprint density at radius 3 is 2.87 bits per heavy atom. The number of carbonyl (C=O) groups excluding carboxylic acids is 2. The second kappa shape index (κ2) is 8.19. The number of nitro benzene ring substituents is 1. The van der Waals surface area contributed by atoms with Crippen molar-refractivity contribution in [3.8, 4) is 0 Å². The Morgan fingerprint density at radius 2 is 2.10 bits per heavy atom. The van der Waals surface area contributed by atoms with Gasteiger partial charge in [0, 0.05) is 42.4 Å². The van der Waals surface area contributed by atoms with E-state index in [4.69, 9.17) is 4.42 Å². The quantitative estimate of drug-likeness (QED) is 0.472. The average Bonchev–Trinajstić information content (AvgIpc) is 3.41. The highest BCUT2D eigenvalue weighted by Gasteiger charge is 2.28. The molecule has 0 saturated carbocycles. The van der Waals surface area contributed by atoms with E-state index in [1.54, 1.807) is 35.2 Å². The van der Waals surface area contributed by atoms with Crippen LogP contribution in [0.5, 0.6) is 0 Å². The number of aromatic nitrogens is 2. The lowest BCUT2D eigenvalue weighted by atomic mass is 10.0. The molecule has 0 saturated heterocycles. The molecule has 2 amide bonds. The molecular weight excluding hydrogens is 390 g/mol. The van der Waals surface area contributed by atoms with Crippen LogP contribution < -0.4 is 5.32 Å². The number of rotatable bonds is 6. The summed E-state index contributed by atoms with van der Waals surface area (Å²) in [7, 11) is 0. The summed E-state index contributed by atoms with van der Waals surface area (Å²) in [6.45, 7) is 0.894. The first-order valence-corrected chi connectivity index (χ1v) is 9.39. The van der Waals surface area contributed by atoms with Crippen molar-refractivity contribution in [1.82, 2.24) is 20.4 Å². The molecule has 2 N–H and O–H groups in total. The molecule has 30 heavy (non-hydrogen) atoms. The standard InChI is InChI=1S/C20H19N5O5/c26-18(10-13-4-1-2-6-17(13)25(28)29)24-8-7-16-15(12-24)19(23-22-16)20(27)21-11-14-5-3-9-30-14/h1-6,9H,7-8,10-12H2,(H,21,27)(H,22,23). The Balaban J connectivity index is 1.45. The van der Waals surface area contributed by atoms with Crippen molar-refractivity contribution in [2.24, 2.45) is 0 Å². The highest BCUT2D eigenvalue weighted by Crippen LogP contribution is 2.23. The maximum Gasteiger partial charge on any atom is 0.273 e. The molecule has 3 heterocycles. The summed E-state index contributed by atoms with van der Waals surface area (Å²) < 4.78 is 5.20. The number of nitrogens with zero attached hydrogens (tertiary/aromatic N) is 3. The number of carbonyl (C=O) groups is 2. The highest BCUT2D eigenvalue weighted by molar-refractivity contribution is 5.94. The third-order valence-corrected chi connectivity index (χ3v) is 5.03. The molecule has 1 aliphatic rings. The molecule has 0 radical (unpaired) electrons. The number of furan rings is 1. The van der Waals surface area contributed by atoms with Gasteiger partial charge in [0.15, 0.2) is 5.69 Å². The summed E-state index contributed by atoms with van der Waals surface area (Å²) in [6.07, 6.45) is 1.97. The van der Waals surface area contributed by atoms with Crippen LogP contribution in [0.25, 0.3) is 0 Å². The minimum Gasteiger partial charge on any atom is -0.467 e. The summed E-state index contributed by atoms with van der Waals surface area (Å²) in [6, 6.07) is 9.69. The molecule has 2 aromatic heterocycles. The zero-order valence-corrected chi connectivity index (χ0v) is 16.0. The van der Waals surface area contributed by atoms with Gasteiger partial charge in [0.2, 0.25) is 5.91 Å². The molecule has 0 unspecified atom stereocenters. The average molecular weight is 409 g/mol. The fourth-order valence-electron chi connectivity index (χ4n) is 3.47. The van der Waals surface area contributed by atoms with Crippen LogP contribution in [0.15, 0.2) is 47.1 Å². The van der Waals surface area contributed by atoms with Crippen LogP contribution in [0.4, 0.5) is 5.69 Å². The zero-order chi connectivity index (χ0) is 21.1. The number of H-pyrrole nitrogens is 1. The molecule has 0 bridgehead atoms. The van der Waals surface area contributed by atoms with E-state index in [1.165, 1.54) is 12.3 Å². The minimum atomic E-state index is -0.492. The number of benzene rings is 1. The van der Waals surface area contributed by atoms with Crippen LogP contribution in [0, 0.1) is 10.1 Å². The highest BCUT2D eigenvalue weighted by atomic mass is 16.6. The van der Waals surface area contributed by atoms with Gasteiger partial charge in [-0.25, -0.2) is 0 Å². The van der Waals surface area contributed by atoms with Gasteiger partial charge in [0.1, 0.15) is 5.76 Å². The third kappa shape index (κ3) is 3.93. The first-order chi connectivity index (χ1) is 14.5. The number of para-hydroxylation sites is 1. The van der Waals surface area contributed by atoms with E-state index in [2.05, 4.69) is 15.5 Å². The van der Waals surface area contributed by atoms with Gasteiger partial charge in [0.05, 0.1) is 24.2 Å². The van der Waals surface area contributed by atoms with Crippen molar-refractivity contribution in [3.63, 3.8) is 0 Å². The van der Waals surface area contributed by atoms with E-state index < -0.39 is 4.92 Å². The number of nitrogens with one attached hydrogen (secondary N) is 2.